The van der Waals surface area contributed by atoms with Gasteiger partial charge in [0.05, 0.1) is 17.4 Å². The van der Waals surface area contributed by atoms with Crippen molar-refractivity contribution in [2.75, 3.05) is 0 Å². The summed E-state index contributed by atoms with van der Waals surface area (Å²) in [5, 5.41) is 7.73. The molecule has 7 heteroatoms. The Bertz CT molecular complexity index is 431. The monoisotopic (exact) mass is 270 g/mol. The quantitative estimate of drug-likeness (QED) is 0.852. The summed E-state index contributed by atoms with van der Waals surface area (Å²) in [6, 6.07) is 2.92. The molecule has 1 atom stereocenters. The Morgan fingerprint density at radius 3 is 2.47 bits per heavy atom. The maximum absolute atomic E-state index is 13.0. The molecule has 0 amide bonds. The van der Waals surface area contributed by atoms with Crippen LogP contribution in [0.3, 0.4) is 0 Å². The predicted molar refractivity (Wildman–Crippen MR) is 52.5 cm³/mol. The maximum atomic E-state index is 13.0. The van der Waals surface area contributed by atoms with Crippen LogP contribution < -0.4 is 0 Å². The summed E-state index contributed by atoms with van der Waals surface area (Å²) < 4.78 is 50.9. The van der Waals surface area contributed by atoms with Gasteiger partial charge in [0.2, 0.25) is 0 Å². The van der Waals surface area contributed by atoms with Gasteiger partial charge in [-0.1, -0.05) is 23.7 Å². The van der Waals surface area contributed by atoms with Crippen LogP contribution in [-0.2, 0) is 4.79 Å². The van der Waals surface area contributed by atoms with E-state index >= 15 is 0 Å². The van der Waals surface area contributed by atoms with Gasteiger partial charge in [-0.3, -0.25) is 4.79 Å². The lowest BCUT2D eigenvalue weighted by Crippen LogP contribution is -2.24. The molecule has 1 rings (SSSR count). The van der Waals surface area contributed by atoms with Gasteiger partial charge in [-0.05, 0) is 11.6 Å². The fourth-order valence-corrected chi connectivity index (χ4v) is 1.62. The lowest BCUT2D eigenvalue weighted by atomic mass is 9.95. The van der Waals surface area contributed by atoms with E-state index in [4.69, 9.17) is 16.7 Å². The predicted octanol–water partition coefficient (Wildman–Crippen LogP) is 3.60. The Hall–Kier alpha value is -1.30. The van der Waals surface area contributed by atoms with Crippen molar-refractivity contribution in [2.24, 2.45) is 0 Å². The van der Waals surface area contributed by atoms with Crippen molar-refractivity contribution < 1.29 is 27.5 Å². The van der Waals surface area contributed by atoms with Crippen molar-refractivity contribution in [3.8, 4) is 0 Å². The lowest BCUT2D eigenvalue weighted by Gasteiger charge is -2.20. The molecule has 1 unspecified atom stereocenters. The molecule has 0 aromatic heterocycles. The highest BCUT2D eigenvalue weighted by Gasteiger charge is 2.43. The molecule has 94 valence electrons. The molecule has 0 saturated heterocycles. The molecule has 2 nitrogen and oxygen atoms in total. The normalized spacial score (nSPS) is 13.5. The molecule has 0 aliphatic heterocycles. The fraction of sp³-hybridized carbons (Fsp3) is 0.300. The molecule has 1 aromatic rings. The first-order valence-electron chi connectivity index (χ1n) is 4.46. The van der Waals surface area contributed by atoms with Crippen molar-refractivity contribution in [1.82, 2.24) is 0 Å². The Kier molecular flexibility index (Phi) is 3.98. The number of carboxylic acid groups (broad SMARTS) is 1. The van der Waals surface area contributed by atoms with Crippen molar-refractivity contribution in [1.29, 1.82) is 0 Å². The summed E-state index contributed by atoms with van der Waals surface area (Å²) >= 11 is 5.41. The third kappa shape index (κ3) is 3.33. The molecule has 1 N–H and O–H groups in total. The number of carboxylic acids is 1. The molecular formula is C10H7ClF4O2. The largest absolute Gasteiger partial charge is 0.481 e. The van der Waals surface area contributed by atoms with Gasteiger partial charge in [0.1, 0.15) is 5.82 Å². The second kappa shape index (κ2) is 4.91. The lowest BCUT2D eigenvalue weighted by molar-refractivity contribution is -0.163. The van der Waals surface area contributed by atoms with Gasteiger partial charge in [-0.25, -0.2) is 4.39 Å². The van der Waals surface area contributed by atoms with Gasteiger partial charge in [-0.2, -0.15) is 13.2 Å². The van der Waals surface area contributed by atoms with Crippen LogP contribution in [0.15, 0.2) is 18.2 Å². The first-order chi connectivity index (χ1) is 7.73. The molecule has 1 aromatic carbocycles. The van der Waals surface area contributed by atoms with E-state index in [2.05, 4.69) is 0 Å². The van der Waals surface area contributed by atoms with Gasteiger partial charge >= 0.3 is 12.1 Å². The van der Waals surface area contributed by atoms with Crippen LogP contribution in [0.2, 0.25) is 5.02 Å². The minimum Gasteiger partial charge on any atom is -0.481 e. The summed E-state index contributed by atoms with van der Waals surface area (Å²) in [7, 11) is 0. The number of halogens is 5. The SMILES string of the molecule is O=C(O)CC(c1cccc(F)c1Cl)C(F)(F)F. The van der Waals surface area contributed by atoms with E-state index in [1.807, 2.05) is 0 Å². The third-order valence-electron chi connectivity index (χ3n) is 2.13. The zero-order valence-electron chi connectivity index (χ0n) is 8.26. The van der Waals surface area contributed by atoms with E-state index in [0.29, 0.717) is 0 Å². The molecule has 0 aliphatic carbocycles. The number of aliphatic carboxylic acids is 1. The van der Waals surface area contributed by atoms with Gasteiger partial charge in [-0.15, -0.1) is 0 Å². The third-order valence-corrected chi connectivity index (χ3v) is 2.53. The number of alkyl halides is 3. The van der Waals surface area contributed by atoms with E-state index in [-0.39, 0.29) is 0 Å². The molecule has 0 bridgehead atoms. The topological polar surface area (TPSA) is 37.3 Å². The molecule has 17 heavy (non-hydrogen) atoms. The maximum Gasteiger partial charge on any atom is 0.396 e. The summed E-state index contributed by atoms with van der Waals surface area (Å²) in [6.45, 7) is 0. The zero-order valence-corrected chi connectivity index (χ0v) is 9.02. The Morgan fingerprint density at radius 2 is 2.00 bits per heavy atom. The van der Waals surface area contributed by atoms with Crippen LogP contribution in [-0.4, -0.2) is 17.3 Å². The van der Waals surface area contributed by atoms with Crippen molar-refractivity contribution in [3.05, 3.63) is 34.6 Å². The van der Waals surface area contributed by atoms with Gasteiger partial charge in [0.15, 0.2) is 0 Å². The van der Waals surface area contributed by atoms with Gasteiger partial charge < -0.3 is 5.11 Å². The molecule has 0 saturated carbocycles. The molecule has 0 radical (unpaired) electrons. The standard InChI is InChI=1S/C10H7ClF4O2/c11-9-5(2-1-3-7(9)12)6(4-8(16)17)10(13,14)15/h1-3,6H,4H2,(H,16,17). The van der Waals surface area contributed by atoms with Gasteiger partial charge in [0.25, 0.3) is 0 Å². The van der Waals surface area contributed by atoms with Crippen LogP contribution in [0.4, 0.5) is 17.6 Å². The highest BCUT2D eigenvalue weighted by molar-refractivity contribution is 6.31. The van der Waals surface area contributed by atoms with E-state index in [1.54, 1.807) is 0 Å². The van der Waals surface area contributed by atoms with E-state index < -0.39 is 40.9 Å². The smallest absolute Gasteiger partial charge is 0.396 e. The average molecular weight is 271 g/mol. The second-order valence-electron chi connectivity index (χ2n) is 3.34. The van der Waals surface area contributed by atoms with E-state index in [1.165, 1.54) is 0 Å². The zero-order chi connectivity index (χ0) is 13.2. The molecule has 0 heterocycles. The molecule has 0 fully saturated rings. The highest BCUT2D eigenvalue weighted by Crippen LogP contribution is 2.40. The van der Waals surface area contributed by atoms with Crippen LogP contribution in [0.25, 0.3) is 0 Å². The second-order valence-corrected chi connectivity index (χ2v) is 3.71. The summed E-state index contributed by atoms with van der Waals surface area (Å²) in [4.78, 5) is 10.4. The van der Waals surface area contributed by atoms with Crippen molar-refractivity contribution >= 4 is 17.6 Å². The van der Waals surface area contributed by atoms with Crippen LogP contribution in [0, 0.1) is 5.82 Å². The Balaban J connectivity index is 3.22. The highest BCUT2D eigenvalue weighted by atomic mass is 35.5. The van der Waals surface area contributed by atoms with Crippen LogP contribution >= 0.6 is 11.6 Å². The average Bonchev–Trinajstić information content (AvgIpc) is 2.17. The molecular weight excluding hydrogens is 264 g/mol. The minimum atomic E-state index is -4.80. The fourth-order valence-electron chi connectivity index (χ4n) is 1.37. The van der Waals surface area contributed by atoms with E-state index in [0.717, 1.165) is 18.2 Å². The minimum absolute atomic E-state index is 0.568. The Morgan fingerprint density at radius 1 is 1.41 bits per heavy atom. The summed E-state index contributed by atoms with van der Waals surface area (Å²) in [5.74, 6) is -4.96. The molecule has 0 spiro atoms. The van der Waals surface area contributed by atoms with E-state index in [9.17, 15) is 22.4 Å². The number of hydrogen-bond acceptors (Lipinski definition) is 1. The summed E-state index contributed by atoms with van der Waals surface area (Å²) in [6.07, 6.45) is -5.98. The van der Waals surface area contributed by atoms with Crippen LogP contribution in [0.1, 0.15) is 17.9 Å². The molecule has 0 aliphatic rings. The summed E-state index contributed by atoms with van der Waals surface area (Å²) in [5.41, 5.74) is -0.568. The first-order valence-corrected chi connectivity index (χ1v) is 4.83. The number of rotatable bonds is 3. The first kappa shape index (κ1) is 13.8. The van der Waals surface area contributed by atoms with Crippen LogP contribution in [0.5, 0.6) is 0 Å². The number of carbonyl (C=O) groups is 1. The number of hydrogen-bond donors (Lipinski definition) is 1. The van der Waals surface area contributed by atoms with Crippen molar-refractivity contribution in [3.63, 3.8) is 0 Å². The van der Waals surface area contributed by atoms with Crippen molar-refractivity contribution in [2.45, 2.75) is 18.5 Å². The van der Waals surface area contributed by atoms with Gasteiger partial charge in [0, 0.05) is 0 Å². The Labute approximate surface area is 98.8 Å². The number of benzene rings is 1.